The molecule has 0 aliphatic heterocycles. The smallest absolute Gasteiger partial charge is 0.266 e. The molecule has 0 heterocycles. The fourth-order valence-electron chi connectivity index (χ4n) is 3.42. The van der Waals surface area contributed by atoms with Crippen LogP contribution in [0.5, 0.6) is 11.5 Å². The van der Waals surface area contributed by atoms with Gasteiger partial charge < -0.3 is 14.8 Å². The zero-order valence-corrected chi connectivity index (χ0v) is 19.4. The largest absolute Gasteiger partial charge is 0.490 e. The molecule has 0 saturated carbocycles. The Morgan fingerprint density at radius 3 is 2.45 bits per heavy atom. The zero-order valence-electron chi connectivity index (χ0n) is 19.4. The molecule has 0 unspecified atom stereocenters. The molecule has 33 heavy (non-hydrogen) atoms. The SMILES string of the molecule is CCOc1cc(/C=C(\C#N)C(=O)Nc2ccc(C)cc2C)ccc1OCc1cccc(C)c1. The maximum Gasteiger partial charge on any atom is 0.266 e. The molecule has 0 spiro atoms. The molecule has 3 rings (SSSR count). The van der Waals surface area contributed by atoms with E-state index in [2.05, 4.69) is 11.4 Å². The van der Waals surface area contributed by atoms with Gasteiger partial charge in [-0.25, -0.2) is 0 Å². The van der Waals surface area contributed by atoms with E-state index in [-0.39, 0.29) is 5.57 Å². The monoisotopic (exact) mass is 440 g/mol. The second-order valence-corrected chi connectivity index (χ2v) is 7.86. The number of ether oxygens (including phenoxy) is 2. The fraction of sp³-hybridized carbons (Fsp3) is 0.214. The Morgan fingerprint density at radius 1 is 0.970 bits per heavy atom. The van der Waals surface area contributed by atoms with Crippen molar-refractivity contribution in [2.24, 2.45) is 0 Å². The Hall–Kier alpha value is -4.04. The van der Waals surface area contributed by atoms with Crippen LogP contribution in [0, 0.1) is 32.1 Å². The van der Waals surface area contributed by atoms with E-state index in [0.29, 0.717) is 36.0 Å². The van der Waals surface area contributed by atoms with Gasteiger partial charge >= 0.3 is 0 Å². The third kappa shape index (κ3) is 6.47. The number of hydrogen-bond donors (Lipinski definition) is 1. The molecule has 168 valence electrons. The van der Waals surface area contributed by atoms with Crippen LogP contribution >= 0.6 is 0 Å². The predicted octanol–water partition coefficient (Wildman–Crippen LogP) is 6.14. The first-order valence-corrected chi connectivity index (χ1v) is 10.8. The van der Waals surface area contributed by atoms with Gasteiger partial charge in [-0.05, 0) is 68.7 Å². The number of nitriles is 1. The van der Waals surface area contributed by atoms with Crippen molar-refractivity contribution in [2.75, 3.05) is 11.9 Å². The topological polar surface area (TPSA) is 71.3 Å². The van der Waals surface area contributed by atoms with Gasteiger partial charge in [-0.15, -0.1) is 0 Å². The number of amides is 1. The van der Waals surface area contributed by atoms with Gasteiger partial charge in [-0.1, -0.05) is 53.6 Å². The first-order valence-electron chi connectivity index (χ1n) is 10.8. The summed E-state index contributed by atoms with van der Waals surface area (Å²) in [5.41, 5.74) is 5.64. The van der Waals surface area contributed by atoms with Crippen LogP contribution in [-0.2, 0) is 11.4 Å². The van der Waals surface area contributed by atoms with Crippen molar-refractivity contribution in [1.29, 1.82) is 5.26 Å². The average Bonchev–Trinajstić information content (AvgIpc) is 2.79. The van der Waals surface area contributed by atoms with Crippen molar-refractivity contribution in [3.05, 3.63) is 94.1 Å². The van der Waals surface area contributed by atoms with Gasteiger partial charge in [-0.2, -0.15) is 5.26 Å². The molecule has 0 aliphatic carbocycles. The molecule has 0 fully saturated rings. The lowest BCUT2D eigenvalue weighted by molar-refractivity contribution is -0.112. The van der Waals surface area contributed by atoms with Gasteiger partial charge in [-0.3, -0.25) is 4.79 Å². The van der Waals surface area contributed by atoms with Crippen LogP contribution in [0.1, 0.15) is 34.7 Å². The van der Waals surface area contributed by atoms with Gasteiger partial charge in [0.25, 0.3) is 5.91 Å². The second-order valence-electron chi connectivity index (χ2n) is 7.86. The van der Waals surface area contributed by atoms with Crippen LogP contribution in [0.15, 0.2) is 66.2 Å². The van der Waals surface area contributed by atoms with Crippen molar-refractivity contribution in [3.8, 4) is 17.6 Å². The normalized spacial score (nSPS) is 10.9. The summed E-state index contributed by atoms with van der Waals surface area (Å²) in [5, 5.41) is 12.4. The van der Waals surface area contributed by atoms with Crippen LogP contribution in [0.3, 0.4) is 0 Å². The molecular formula is C28H28N2O3. The molecule has 0 radical (unpaired) electrons. The summed E-state index contributed by atoms with van der Waals surface area (Å²) < 4.78 is 11.7. The minimum atomic E-state index is -0.456. The molecule has 1 amide bonds. The minimum Gasteiger partial charge on any atom is -0.490 e. The van der Waals surface area contributed by atoms with E-state index < -0.39 is 5.91 Å². The minimum absolute atomic E-state index is 0.00542. The summed E-state index contributed by atoms with van der Waals surface area (Å²) in [6, 6.07) is 21.2. The van der Waals surface area contributed by atoms with Crippen LogP contribution in [0.2, 0.25) is 0 Å². The number of carbonyl (C=O) groups is 1. The number of nitrogens with one attached hydrogen (secondary N) is 1. The van der Waals surface area contributed by atoms with Gasteiger partial charge in [0.1, 0.15) is 18.2 Å². The van der Waals surface area contributed by atoms with Crippen molar-refractivity contribution < 1.29 is 14.3 Å². The van der Waals surface area contributed by atoms with E-state index >= 15 is 0 Å². The highest BCUT2D eigenvalue weighted by Gasteiger charge is 2.13. The number of nitrogens with zero attached hydrogens (tertiary/aromatic N) is 1. The highest BCUT2D eigenvalue weighted by atomic mass is 16.5. The van der Waals surface area contributed by atoms with Crippen molar-refractivity contribution in [1.82, 2.24) is 0 Å². The highest BCUT2D eigenvalue weighted by molar-refractivity contribution is 6.10. The summed E-state index contributed by atoms with van der Waals surface area (Å²) in [4.78, 5) is 12.7. The number of hydrogen-bond acceptors (Lipinski definition) is 4. The Bertz CT molecular complexity index is 1220. The van der Waals surface area contributed by atoms with Crippen LogP contribution in [0.4, 0.5) is 5.69 Å². The first-order chi connectivity index (χ1) is 15.9. The highest BCUT2D eigenvalue weighted by Crippen LogP contribution is 2.30. The lowest BCUT2D eigenvalue weighted by Gasteiger charge is -2.13. The number of anilines is 1. The number of benzene rings is 3. The van der Waals surface area contributed by atoms with E-state index in [1.807, 2.05) is 70.2 Å². The average molecular weight is 441 g/mol. The van der Waals surface area contributed by atoms with Gasteiger partial charge in [0, 0.05) is 5.69 Å². The third-order valence-corrected chi connectivity index (χ3v) is 5.05. The lowest BCUT2D eigenvalue weighted by atomic mass is 10.1. The zero-order chi connectivity index (χ0) is 23.8. The Morgan fingerprint density at radius 2 is 1.76 bits per heavy atom. The standard InChI is InChI=1S/C28H28N2O3/c1-5-32-27-16-22(10-12-26(27)33-18-23-8-6-7-19(2)14-23)15-24(17-29)28(31)30-25-11-9-20(3)13-21(25)4/h6-16H,5,18H2,1-4H3,(H,30,31)/b24-15+. The van der Waals surface area contributed by atoms with Gasteiger partial charge in [0.05, 0.1) is 6.61 Å². The quantitative estimate of drug-likeness (QED) is 0.338. The summed E-state index contributed by atoms with van der Waals surface area (Å²) >= 11 is 0. The van der Waals surface area contributed by atoms with E-state index in [9.17, 15) is 10.1 Å². The summed E-state index contributed by atoms with van der Waals surface area (Å²) in [7, 11) is 0. The molecule has 5 nitrogen and oxygen atoms in total. The summed E-state index contributed by atoms with van der Waals surface area (Å²) in [6.07, 6.45) is 1.55. The number of carbonyl (C=O) groups excluding carboxylic acids is 1. The van der Waals surface area contributed by atoms with Crippen LogP contribution in [-0.4, -0.2) is 12.5 Å². The lowest BCUT2D eigenvalue weighted by Crippen LogP contribution is -2.14. The molecule has 3 aromatic carbocycles. The fourth-order valence-corrected chi connectivity index (χ4v) is 3.42. The van der Waals surface area contributed by atoms with Crippen molar-refractivity contribution >= 4 is 17.7 Å². The maximum atomic E-state index is 12.7. The Labute approximate surface area is 195 Å². The molecule has 0 aromatic heterocycles. The van der Waals surface area contributed by atoms with Crippen LogP contribution < -0.4 is 14.8 Å². The third-order valence-electron chi connectivity index (χ3n) is 5.05. The van der Waals surface area contributed by atoms with E-state index in [0.717, 1.165) is 16.7 Å². The number of aryl methyl sites for hydroxylation is 3. The summed E-state index contributed by atoms with van der Waals surface area (Å²) in [5.74, 6) is 0.710. The van der Waals surface area contributed by atoms with Crippen LogP contribution in [0.25, 0.3) is 6.08 Å². The van der Waals surface area contributed by atoms with Gasteiger partial charge in [0.2, 0.25) is 0 Å². The molecular weight excluding hydrogens is 412 g/mol. The molecule has 0 bridgehead atoms. The Balaban J connectivity index is 1.79. The molecule has 0 saturated heterocycles. The molecule has 3 aromatic rings. The first kappa shape index (κ1) is 23.6. The maximum absolute atomic E-state index is 12.7. The summed E-state index contributed by atoms with van der Waals surface area (Å²) in [6.45, 7) is 8.72. The molecule has 5 heteroatoms. The van der Waals surface area contributed by atoms with E-state index in [1.54, 1.807) is 24.3 Å². The molecule has 0 atom stereocenters. The van der Waals surface area contributed by atoms with E-state index in [4.69, 9.17) is 9.47 Å². The van der Waals surface area contributed by atoms with Gasteiger partial charge in [0.15, 0.2) is 11.5 Å². The Kier molecular flexibility index (Phi) is 7.88. The van der Waals surface area contributed by atoms with Crippen molar-refractivity contribution in [3.63, 3.8) is 0 Å². The molecule has 1 N–H and O–H groups in total. The number of rotatable bonds is 8. The second kappa shape index (κ2) is 11.0. The van der Waals surface area contributed by atoms with E-state index in [1.165, 1.54) is 5.56 Å². The predicted molar refractivity (Wildman–Crippen MR) is 131 cm³/mol. The van der Waals surface area contributed by atoms with Crippen molar-refractivity contribution in [2.45, 2.75) is 34.3 Å². The molecule has 0 aliphatic rings.